The van der Waals surface area contributed by atoms with Crippen LogP contribution in [0.2, 0.25) is 0 Å². The van der Waals surface area contributed by atoms with Gasteiger partial charge in [-0.05, 0) is 32.1 Å². The predicted octanol–water partition coefficient (Wildman–Crippen LogP) is 0.127. The van der Waals surface area contributed by atoms with E-state index >= 15 is 0 Å². The largest absolute Gasteiger partial charge is 0.376 e. The number of hydrazine groups is 1. The van der Waals surface area contributed by atoms with E-state index in [9.17, 15) is 0 Å². The van der Waals surface area contributed by atoms with Crippen molar-refractivity contribution in [3.63, 3.8) is 0 Å². The van der Waals surface area contributed by atoms with Crippen molar-refractivity contribution in [2.24, 2.45) is 10.8 Å². The average Bonchev–Trinajstić information content (AvgIpc) is 3.09. The van der Waals surface area contributed by atoms with Gasteiger partial charge in [-0.25, -0.2) is 10.8 Å². The Kier molecular flexibility index (Phi) is 3.80. The summed E-state index contributed by atoms with van der Waals surface area (Å²) in [5.41, 5.74) is 2.60. The van der Waals surface area contributed by atoms with Crippen LogP contribution in [0.1, 0.15) is 32.1 Å². The number of ether oxygens (including phenoxy) is 1. The molecule has 0 aromatic carbocycles. The van der Waals surface area contributed by atoms with Crippen LogP contribution in [0.15, 0.2) is 4.99 Å². The summed E-state index contributed by atoms with van der Waals surface area (Å²) in [6, 6.07) is 0.576. The molecule has 86 valence electrons. The quantitative estimate of drug-likeness (QED) is 0.269. The molecule has 0 aromatic rings. The first-order chi connectivity index (χ1) is 7.38. The average molecular weight is 212 g/mol. The van der Waals surface area contributed by atoms with Gasteiger partial charge in [0.05, 0.1) is 12.6 Å². The minimum Gasteiger partial charge on any atom is -0.376 e. The van der Waals surface area contributed by atoms with E-state index in [2.05, 4.69) is 15.7 Å². The van der Waals surface area contributed by atoms with Crippen molar-refractivity contribution in [3.8, 4) is 0 Å². The molecule has 0 aromatic heterocycles. The molecule has 2 fully saturated rings. The molecule has 1 heterocycles. The van der Waals surface area contributed by atoms with Crippen LogP contribution in [0.5, 0.6) is 0 Å². The minimum absolute atomic E-state index is 0.281. The molecule has 2 rings (SSSR count). The highest BCUT2D eigenvalue weighted by Gasteiger charge is 2.22. The van der Waals surface area contributed by atoms with E-state index in [1.54, 1.807) is 0 Å². The summed E-state index contributed by atoms with van der Waals surface area (Å²) in [5, 5.41) is 3.24. The fourth-order valence-corrected chi connectivity index (χ4v) is 1.70. The van der Waals surface area contributed by atoms with Crippen molar-refractivity contribution in [2.75, 3.05) is 13.2 Å². The van der Waals surface area contributed by atoms with Crippen LogP contribution in [0.3, 0.4) is 0 Å². The maximum absolute atomic E-state index is 5.59. The van der Waals surface area contributed by atoms with Crippen molar-refractivity contribution < 1.29 is 4.74 Å². The zero-order chi connectivity index (χ0) is 10.5. The molecule has 1 saturated heterocycles. The molecule has 0 bridgehead atoms. The van der Waals surface area contributed by atoms with Crippen LogP contribution in [-0.4, -0.2) is 31.3 Å². The summed E-state index contributed by atoms with van der Waals surface area (Å²) in [4.78, 5) is 4.39. The van der Waals surface area contributed by atoms with Crippen LogP contribution in [-0.2, 0) is 4.74 Å². The molecular formula is C10H20N4O. The van der Waals surface area contributed by atoms with Gasteiger partial charge in [-0.15, -0.1) is 0 Å². The predicted molar refractivity (Wildman–Crippen MR) is 59.4 cm³/mol. The van der Waals surface area contributed by atoms with Gasteiger partial charge in [-0.1, -0.05) is 0 Å². The van der Waals surface area contributed by atoms with Gasteiger partial charge in [0.15, 0.2) is 0 Å². The Morgan fingerprint density at radius 3 is 2.80 bits per heavy atom. The molecular weight excluding hydrogens is 192 g/mol. The van der Waals surface area contributed by atoms with E-state index in [0.29, 0.717) is 18.5 Å². The molecule has 5 nitrogen and oxygen atoms in total. The summed E-state index contributed by atoms with van der Waals surface area (Å²) in [6.45, 7) is 1.58. The van der Waals surface area contributed by atoms with Crippen molar-refractivity contribution in [3.05, 3.63) is 0 Å². The van der Waals surface area contributed by atoms with Crippen molar-refractivity contribution in [1.29, 1.82) is 0 Å². The highest BCUT2D eigenvalue weighted by Crippen LogP contribution is 2.18. The lowest BCUT2D eigenvalue weighted by molar-refractivity contribution is 0.0224. The summed E-state index contributed by atoms with van der Waals surface area (Å²) < 4.78 is 5.59. The second kappa shape index (κ2) is 5.32. The minimum atomic E-state index is 0.281. The zero-order valence-corrected chi connectivity index (χ0v) is 9.04. The van der Waals surface area contributed by atoms with Gasteiger partial charge in [0.2, 0.25) is 5.96 Å². The third-order valence-electron chi connectivity index (χ3n) is 2.78. The first-order valence-corrected chi connectivity index (χ1v) is 5.77. The van der Waals surface area contributed by atoms with E-state index in [4.69, 9.17) is 10.6 Å². The highest BCUT2D eigenvalue weighted by atomic mass is 16.5. The third kappa shape index (κ3) is 3.68. The Morgan fingerprint density at radius 2 is 2.20 bits per heavy atom. The molecule has 1 atom stereocenters. The van der Waals surface area contributed by atoms with Crippen LogP contribution >= 0.6 is 0 Å². The van der Waals surface area contributed by atoms with Crippen molar-refractivity contribution >= 4 is 5.96 Å². The molecule has 0 spiro atoms. The van der Waals surface area contributed by atoms with Gasteiger partial charge in [0.25, 0.3) is 0 Å². The van der Waals surface area contributed by atoms with E-state index < -0.39 is 0 Å². The monoisotopic (exact) mass is 212 g/mol. The zero-order valence-electron chi connectivity index (χ0n) is 9.04. The normalized spacial score (nSPS) is 27.5. The lowest BCUT2D eigenvalue weighted by Crippen LogP contribution is -2.43. The van der Waals surface area contributed by atoms with Crippen LogP contribution in [0.4, 0.5) is 0 Å². The van der Waals surface area contributed by atoms with Gasteiger partial charge in [-0.3, -0.25) is 5.43 Å². The summed E-state index contributed by atoms with van der Waals surface area (Å²) >= 11 is 0. The maximum Gasteiger partial charge on any atom is 0.206 e. The Morgan fingerprint density at radius 1 is 1.33 bits per heavy atom. The Balaban J connectivity index is 1.73. The molecule has 4 N–H and O–H groups in total. The van der Waals surface area contributed by atoms with Gasteiger partial charge in [-0.2, -0.15) is 0 Å². The smallest absolute Gasteiger partial charge is 0.206 e. The number of nitrogens with two attached hydrogens (primary N) is 1. The number of nitrogens with one attached hydrogen (secondary N) is 2. The summed E-state index contributed by atoms with van der Waals surface area (Å²) in [7, 11) is 0. The van der Waals surface area contributed by atoms with Crippen molar-refractivity contribution in [2.45, 2.75) is 44.2 Å². The van der Waals surface area contributed by atoms with E-state index in [0.717, 1.165) is 13.0 Å². The molecule has 5 heteroatoms. The third-order valence-corrected chi connectivity index (χ3v) is 2.78. The number of aliphatic imine (C=N–C) groups is 1. The standard InChI is InChI=1S/C10H20N4O/c11-14-10(13-8-4-5-8)12-7-9-3-1-2-6-15-9/h8-9H,1-7,11H2,(H2,12,13,14). The van der Waals surface area contributed by atoms with Gasteiger partial charge in [0.1, 0.15) is 0 Å². The molecule has 15 heavy (non-hydrogen) atoms. The molecule has 0 radical (unpaired) electrons. The number of hydrogen-bond acceptors (Lipinski definition) is 3. The fraction of sp³-hybridized carbons (Fsp3) is 0.900. The number of nitrogens with zero attached hydrogens (tertiary/aromatic N) is 1. The number of guanidine groups is 1. The van der Waals surface area contributed by atoms with Gasteiger partial charge >= 0.3 is 0 Å². The molecule has 0 amide bonds. The lowest BCUT2D eigenvalue weighted by atomic mass is 10.1. The molecule has 1 aliphatic heterocycles. The summed E-state index contributed by atoms with van der Waals surface area (Å²) in [5.74, 6) is 6.08. The summed E-state index contributed by atoms with van der Waals surface area (Å²) in [6.07, 6.45) is 6.28. The van der Waals surface area contributed by atoms with E-state index in [-0.39, 0.29) is 6.10 Å². The van der Waals surface area contributed by atoms with Crippen LogP contribution < -0.4 is 16.6 Å². The maximum atomic E-state index is 5.59. The first kappa shape index (κ1) is 10.7. The van der Waals surface area contributed by atoms with Crippen LogP contribution in [0, 0.1) is 0 Å². The van der Waals surface area contributed by atoms with E-state index in [1.165, 1.54) is 25.7 Å². The SMILES string of the molecule is NNC(=NCC1CCCCO1)NC1CC1. The van der Waals surface area contributed by atoms with Gasteiger partial charge < -0.3 is 10.1 Å². The molecule has 1 saturated carbocycles. The van der Waals surface area contributed by atoms with E-state index in [1.807, 2.05) is 0 Å². The lowest BCUT2D eigenvalue weighted by Gasteiger charge is -2.21. The second-order valence-corrected chi connectivity index (χ2v) is 4.24. The number of rotatable bonds is 3. The van der Waals surface area contributed by atoms with Crippen LogP contribution in [0.25, 0.3) is 0 Å². The molecule has 2 aliphatic rings. The highest BCUT2D eigenvalue weighted by molar-refractivity contribution is 5.79. The molecule has 1 aliphatic carbocycles. The Bertz CT molecular complexity index is 221. The number of hydrogen-bond donors (Lipinski definition) is 3. The Hall–Kier alpha value is -0.810. The Labute approximate surface area is 90.4 Å². The fourth-order valence-electron chi connectivity index (χ4n) is 1.70. The first-order valence-electron chi connectivity index (χ1n) is 5.77. The topological polar surface area (TPSA) is 71.7 Å². The molecule has 1 unspecified atom stereocenters. The van der Waals surface area contributed by atoms with Crippen molar-refractivity contribution in [1.82, 2.24) is 10.7 Å². The second-order valence-electron chi connectivity index (χ2n) is 4.24. The van der Waals surface area contributed by atoms with Gasteiger partial charge in [0, 0.05) is 12.6 Å².